The van der Waals surface area contributed by atoms with Gasteiger partial charge in [-0.25, -0.2) is 0 Å². The second kappa shape index (κ2) is 5.12. The molecule has 0 aromatic carbocycles. The van der Waals surface area contributed by atoms with Gasteiger partial charge in [0.15, 0.2) is 0 Å². The van der Waals surface area contributed by atoms with Crippen LogP contribution in [0.4, 0.5) is 0 Å². The van der Waals surface area contributed by atoms with Crippen LogP contribution in [0.15, 0.2) is 0 Å². The van der Waals surface area contributed by atoms with E-state index in [2.05, 4.69) is 10.6 Å². The monoisotopic (exact) mass is 235 g/mol. The molecule has 0 aromatic rings. The first kappa shape index (κ1) is 12.7. The minimum atomic E-state index is -0.104. The highest BCUT2D eigenvalue weighted by Crippen LogP contribution is 2.18. The van der Waals surface area contributed by atoms with E-state index in [1.54, 1.807) is 7.11 Å². The van der Waals surface area contributed by atoms with Gasteiger partial charge in [-0.15, -0.1) is 12.4 Å². The molecule has 15 heavy (non-hydrogen) atoms. The molecule has 88 valence electrons. The zero-order chi connectivity index (χ0) is 10.1. The van der Waals surface area contributed by atoms with Crippen molar-refractivity contribution in [3.63, 3.8) is 0 Å². The van der Waals surface area contributed by atoms with Crippen LogP contribution in [0.1, 0.15) is 12.8 Å². The van der Waals surface area contributed by atoms with E-state index in [0.29, 0.717) is 0 Å². The summed E-state index contributed by atoms with van der Waals surface area (Å²) in [4.78, 5) is 11.6. The summed E-state index contributed by atoms with van der Waals surface area (Å²) >= 11 is 0. The lowest BCUT2D eigenvalue weighted by atomic mass is 10.2. The number of ether oxygens (including phenoxy) is 1. The number of rotatable bonds is 3. The van der Waals surface area contributed by atoms with E-state index in [-0.39, 0.29) is 42.5 Å². The zero-order valence-corrected chi connectivity index (χ0v) is 9.55. The van der Waals surface area contributed by atoms with Crippen molar-refractivity contribution in [3.05, 3.63) is 0 Å². The molecule has 1 saturated carbocycles. The fourth-order valence-electron chi connectivity index (χ4n) is 1.75. The van der Waals surface area contributed by atoms with Gasteiger partial charge in [0.2, 0.25) is 5.91 Å². The molecule has 1 amide bonds. The van der Waals surface area contributed by atoms with E-state index in [1.807, 2.05) is 0 Å². The minimum absolute atomic E-state index is 0. The number of carbonyl (C=O) groups is 1. The smallest absolute Gasteiger partial charge is 0.237 e. The lowest BCUT2D eigenvalue weighted by Gasteiger charge is -2.10. The summed E-state index contributed by atoms with van der Waals surface area (Å²) < 4.78 is 5.17. The average molecular weight is 236 g/mol. The fraction of sp³-hybridized carbons (Fsp3) is 0.889. The number of carbonyl (C=O) groups excluding carboxylic acids is 1. The third-order valence-corrected chi connectivity index (χ3v) is 2.91. The van der Waals surface area contributed by atoms with E-state index >= 15 is 0 Å². The van der Waals surface area contributed by atoms with Crippen LogP contribution in [0.3, 0.4) is 0 Å². The maximum atomic E-state index is 11.6. The largest absolute Gasteiger partial charge is 0.380 e. The molecule has 1 heterocycles. The van der Waals surface area contributed by atoms with E-state index in [1.165, 1.54) is 0 Å². The lowest BCUT2D eigenvalue weighted by Crippen LogP contribution is -2.42. The van der Waals surface area contributed by atoms with Crippen molar-refractivity contribution in [1.82, 2.24) is 10.6 Å². The van der Waals surface area contributed by atoms with Gasteiger partial charge in [0, 0.05) is 25.7 Å². The van der Waals surface area contributed by atoms with E-state index in [9.17, 15) is 4.79 Å². The Morgan fingerprint density at radius 3 is 2.67 bits per heavy atom. The van der Waals surface area contributed by atoms with Gasteiger partial charge in [-0.2, -0.15) is 0 Å². The number of methoxy groups -OCH3 is 1. The first-order valence-corrected chi connectivity index (χ1v) is 5.03. The SMILES string of the molecule is CO[C@H]1CN[C@H](C(=O)NC2CC2N)C1.Cl. The Morgan fingerprint density at radius 2 is 2.20 bits per heavy atom. The van der Waals surface area contributed by atoms with E-state index < -0.39 is 0 Å². The molecule has 1 saturated heterocycles. The first-order chi connectivity index (χ1) is 6.70. The summed E-state index contributed by atoms with van der Waals surface area (Å²) in [7, 11) is 1.67. The number of halogens is 1. The van der Waals surface area contributed by atoms with Crippen molar-refractivity contribution in [2.75, 3.05) is 13.7 Å². The van der Waals surface area contributed by atoms with Crippen molar-refractivity contribution in [3.8, 4) is 0 Å². The maximum absolute atomic E-state index is 11.6. The molecule has 2 rings (SSSR count). The van der Waals surface area contributed by atoms with Crippen molar-refractivity contribution >= 4 is 18.3 Å². The van der Waals surface area contributed by atoms with Crippen LogP contribution in [-0.2, 0) is 9.53 Å². The number of nitrogens with one attached hydrogen (secondary N) is 2. The highest BCUT2D eigenvalue weighted by molar-refractivity contribution is 5.85. The van der Waals surface area contributed by atoms with Gasteiger partial charge in [-0.1, -0.05) is 0 Å². The Hall–Kier alpha value is -0.360. The zero-order valence-electron chi connectivity index (χ0n) is 8.73. The van der Waals surface area contributed by atoms with Crippen molar-refractivity contribution < 1.29 is 9.53 Å². The van der Waals surface area contributed by atoms with Crippen LogP contribution in [-0.4, -0.2) is 43.8 Å². The molecule has 6 heteroatoms. The standard InChI is InChI=1S/C9H17N3O2.ClH/c1-14-5-2-8(11-4-5)9(13)12-7-3-6(7)10;/h5-8,11H,2-4,10H2,1H3,(H,12,13);1H/t5-,6?,7?,8+;/m1./s1. The molecule has 0 aromatic heterocycles. The normalized spacial score (nSPS) is 38.3. The third-order valence-electron chi connectivity index (χ3n) is 2.91. The lowest BCUT2D eigenvalue weighted by molar-refractivity contribution is -0.123. The molecule has 2 fully saturated rings. The maximum Gasteiger partial charge on any atom is 0.237 e. The molecular formula is C9H18ClN3O2. The van der Waals surface area contributed by atoms with E-state index in [0.717, 1.165) is 19.4 Å². The van der Waals surface area contributed by atoms with Crippen LogP contribution in [0, 0.1) is 0 Å². The quantitative estimate of drug-likeness (QED) is 0.587. The molecule has 1 aliphatic heterocycles. The van der Waals surface area contributed by atoms with Crippen molar-refractivity contribution in [2.24, 2.45) is 5.73 Å². The second-order valence-corrected chi connectivity index (χ2v) is 4.07. The van der Waals surface area contributed by atoms with Crippen LogP contribution in [0.2, 0.25) is 0 Å². The number of nitrogens with two attached hydrogens (primary N) is 1. The van der Waals surface area contributed by atoms with Gasteiger partial charge in [0.25, 0.3) is 0 Å². The minimum Gasteiger partial charge on any atom is -0.380 e. The van der Waals surface area contributed by atoms with Crippen LogP contribution >= 0.6 is 12.4 Å². The molecule has 4 N–H and O–H groups in total. The summed E-state index contributed by atoms with van der Waals surface area (Å²) in [6.45, 7) is 0.755. The van der Waals surface area contributed by atoms with Crippen molar-refractivity contribution in [2.45, 2.75) is 37.1 Å². The predicted octanol–water partition coefficient (Wildman–Crippen LogP) is -0.999. The Kier molecular flexibility index (Phi) is 4.33. The Morgan fingerprint density at radius 1 is 1.53 bits per heavy atom. The summed E-state index contributed by atoms with van der Waals surface area (Å²) in [5.74, 6) is 0.0579. The van der Waals surface area contributed by atoms with Gasteiger partial charge in [-0.3, -0.25) is 4.79 Å². The molecule has 5 nitrogen and oxygen atoms in total. The third kappa shape index (κ3) is 3.04. The van der Waals surface area contributed by atoms with Gasteiger partial charge in [0.1, 0.15) is 0 Å². The highest BCUT2D eigenvalue weighted by atomic mass is 35.5. The van der Waals surface area contributed by atoms with Gasteiger partial charge in [0.05, 0.1) is 12.1 Å². The highest BCUT2D eigenvalue weighted by Gasteiger charge is 2.37. The van der Waals surface area contributed by atoms with Crippen LogP contribution in [0.5, 0.6) is 0 Å². The van der Waals surface area contributed by atoms with Crippen molar-refractivity contribution in [1.29, 1.82) is 0 Å². The summed E-state index contributed by atoms with van der Waals surface area (Å²) in [5.41, 5.74) is 5.61. The molecule has 0 radical (unpaired) electrons. The summed E-state index contributed by atoms with van der Waals surface area (Å²) in [6, 6.07) is 0.261. The Balaban J connectivity index is 0.00000112. The average Bonchev–Trinajstić information content (AvgIpc) is 2.72. The van der Waals surface area contributed by atoms with E-state index in [4.69, 9.17) is 10.5 Å². The fourth-order valence-corrected chi connectivity index (χ4v) is 1.75. The van der Waals surface area contributed by atoms with Crippen LogP contribution < -0.4 is 16.4 Å². The molecular weight excluding hydrogens is 218 g/mol. The first-order valence-electron chi connectivity index (χ1n) is 5.03. The van der Waals surface area contributed by atoms with Crippen LogP contribution in [0.25, 0.3) is 0 Å². The van der Waals surface area contributed by atoms with Gasteiger partial charge >= 0.3 is 0 Å². The summed E-state index contributed by atoms with van der Waals surface area (Å²) in [5, 5.41) is 6.04. The molecule has 1 aliphatic carbocycles. The Labute approximate surface area is 95.5 Å². The summed E-state index contributed by atoms with van der Waals surface area (Å²) in [6.07, 6.45) is 1.83. The number of amides is 1. The van der Waals surface area contributed by atoms with Gasteiger partial charge < -0.3 is 21.1 Å². The topological polar surface area (TPSA) is 76.4 Å². The second-order valence-electron chi connectivity index (χ2n) is 4.07. The molecule has 0 spiro atoms. The molecule has 2 unspecified atom stereocenters. The molecule has 4 atom stereocenters. The predicted molar refractivity (Wildman–Crippen MR) is 59.0 cm³/mol. The molecule has 0 bridgehead atoms. The molecule has 2 aliphatic rings. The Bertz CT molecular complexity index is 239. The van der Waals surface area contributed by atoms with Gasteiger partial charge in [-0.05, 0) is 12.8 Å². The number of hydrogen-bond acceptors (Lipinski definition) is 4. The number of hydrogen-bond donors (Lipinski definition) is 3.